The van der Waals surface area contributed by atoms with Gasteiger partial charge in [0.2, 0.25) is 11.8 Å². The number of carbonyl (C=O) groups excluding carboxylic acids is 2. The Kier molecular flexibility index (Phi) is 4.06. The molecule has 1 aliphatic carbocycles. The summed E-state index contributed by atoms with van der Waals surface area (Å²) in [4.78, 5) is 24.8. The predicted octanol–water partition coefficient (Wildman–Crippen LogP) is 1.48. The SMILES string of the molecule is C=CC(=O)N1CCC(C(=O)N[C@@H]2C[C@H]2C(F)(F)F)CC1. The Labute approximate surface area is 115 Å². The standard InChI is InChI=1S/C13H17F3N2O2/c1-2-11(19)18-5-3-8(4-6-18)12(20)17-10-7-9(10)13(14,15)16/h2,8-10H,1,3-7H2,(H,17,20)/t9-,10-/m1/s1. The lowest BCUT2D eigenvalue weighted by molar-refractivity contribution is -0.150. The molecule has 2 rings (SSSR count). The highest BCUT2D eigenvalue weighted by Crippen LogP contribution is 2.44. The molecular formula is C13H17F3N2O2. The third-order valence-electron chi connectivity index (χ3n) is 3.89. The van der Waals surface area contributed by atoms with Gasteiger partial charge < -0.3 is 10.2 Å². The molecule has 20 heavy (non-hydrogen) atoms. The molecule has 1 N–H and O–H groups in total. The molecule has 2 aliphatic rings. The maximum absolute atomic E-state index is 12.4. The number of nitrogens with zero attached hydrogens (tertiary/aromatic N) is 1. The summed E-state index contributed by atoms with van der Waals surface area (Å²) in [7, 11) is 0. The summed E-state index contributed by atoms with van der Waals surface area (Å²) in [6.45, 7) is 4.27. The Morgan fingerprint density at radius 2 is 1.85 bits per heavy atom. The fraction of sp³-hybridized carbons (Fsp3) is 0.692. The minimum atomic E-state index is -4.22. The zero-order valence-electron chi connectivity index (χ0n) is 10.9. The molecule has 1 aliphatic heterocycles. The van der Waals surface area contributed by atoms with Gasteiger partial charge in [0.15, 0.2) is 0 Å². The summed E-state index contributed by atoms with van der Waals surface area (Å²) >= 11 is 0. The molecule has 0 aromatic rings. The normalized spacial score (nSPS) is 27.1. The van der Waals surface area contributed by atoms with Crippen molar-refractivity contribution in [1.82, 2.24) is 10.2 Å². The third kappa shape index (κ3) is 3.32. The number of rotatable bonds is 3. The van der Waals surface area contributed by atoms with E-state index in [0.29, 0.717) is 25.9 Å². The van der Waals surface area contributed by atoms with Crippen LogP contribution in [0.25, 0.3) is 0 Å². The van der Waals surface area contributed by atoms with Gasteiger partial charge in [0.25, 0.3) is 0 Å². The number of carbonyl (C=O) groups is 2. The van der Waals surface area contributed by atoms with Gasteiger partial charge in [-0.05, 0) is 25.3 Å². The van der Waals surface area contributed by atoms with Crippen molar-refractivity contribution in [3.63, 3.8) is 0 Å². The minimum absolute atomic E-state index is 0.0248. The first-order valence-corrected chi connectivity index (χ1v) is 6.61. The number of hydrogen-bond donors (Lipinski definition) is 1. The number of nitrogens with one attached hydrogen (secondary N) is 1. The summed E-state index contributed by atoms with van der Waals surface area (Å²) in [5.74, 6) is -2.21. The highest BCUT2D eigenvalue weighted by atomic mass is 19.4. The third-order valence-corrected chi connectivity index (χ3v) is 3.89. The molecule has 0 unspecified atom stereocenters. The number of alkyl halides is 3. The zero-order valence-corrected chi connectivity index (χ0v) is 10.9. The minimum Gasteiger partial charge on any atom is -0.352 e. The van der Waals surface area contributed by atoms with Gasteiger partial charge in [0, 0.05) is 25.0 Å². The predicted molar refractivity (Wildman–Crippen MR) is 65.6 cm³/mol. The van der Waals surface area contributed by atoms with E-state index in [2.05, 4.69) is 11.9 Å². The van der Waals surface area contributed by atoms with E-state index in [9.17, 15) is 22.8 Å². The van der Waals surface area contributed by atoms with Gasteiger partial charge in [-0.1, -0.05) is 6.58 Å². The summed E-state index contributed by atoms with van der Waals surface area (Å²) in [6.07, 6.45) is -2.07. The Bertz CT molecular complexity index is 414. The van der Waals surface area contributed by atoms with E-state index in [1.807, 2.05) is 0 Å². The van der Waals surface area contributed by atoms with Gasteiger partial charge in [0.1, 0.15) is 0 Å². The Hall–Kier alpha value is -1.53. The van der Waals surface area contributed by atoms with Crippen LogP contribution in [0.3, 0.4) is 0 Å². The molecule has 0 radical (unpaired) electrons. The molecule has 0 aromatic carbocycles. The van der Waals surface area contributed by atoms with E-state index in [-0.39, 0.29) is 24.2 Å². The van der Waals surface area contributed by atoms with Crippen LogP contribution < -0.4 is 5.32 Å². The van der Waals surface area contributed by atoms with E-state index in [1.165, 1.54) is 6.08 Å². The second kappa shape index (κ2) is 5.46. The van der Waals surface area contributed by atoms with Crippen LogP contribution in [0.15, 0.2) is 12.7 Å². The molecule has 1 saturated carbocycles. The second-order valence-electron chi connectivity index (χ2n) is 5.30. The Balaban J connectivity index is 1.76. The van der Waals surface area contributed by atoms with Gasteiger partial charge >= 0.3 is 6.18 Å². The summed E-state index contributed by atoms with van der Waals surface area (Å²) < 4.78 is 37.1. The van der Waals surface area contributed by atoms with Crippen molar-refractivity contribution >= 4 is 11.8 Å². The molecule has 0 aromatic heterocycles. The smallest absolute Gasteiger partial charge is 0.352 e. The topological polar surface area (TPSA) is 49.4 Å². The van der Waals surface area contributed by atoms with Crippen LogP contribution in [0.4, 0.5) is 13.2 Å². The van der Waals surface area contributed by atoms with E-state index < -0.39 is 18.1 Å². The van der Waals surface area contributed by atoms with Crippen LogP contribution in [0.5, 0.6) is 0 Å². The van der Waals surface area contributed by atoms with Gasteiger partial charge in [-0.3, -0.25) is 9.59 Å². The van der Waals surface area contributed by atoms with E-state index in [1.54, 1.807) is 4.90 Å². The van der Waals surface area contributed by atoms with Gasteiger partial charge in [-0.25, -0.2) is 0 Å². The van der Waals surface area contributed by atoms with E-state index >= 15 is 0 Å². The van der Waals surface area contributed by atoms with Gasteiger partial charge in [0.05, 0.1) is 5.92 Å². The highest BCUT2D eigenvalue weighted by molar-refractivity contribution is 5.87. The van der Waals surface area contributed by atoms with Crippen molar-refractivity contribution in [2.75, 3.05) is 13.1 Å². The number of piperidine rings is 1. The molecule has 4 nitrogen and oxygen atoms in total. The molecule has 0 spiro atoms. The summed E-state index contributed by atoms with van der Waals surface area (Å²) in [5.41, 5.74) is 0. The van der Waals surface area contributed by atoms with Crippen molar-refractivity contribution in [2.24, 2.45) is 11.8 Å². The molecule has 112 valence electrons. The maximum atomic E-state index is 12.4. The van der Waals surface area contributed by atoms with Crippen molar-refractivity contribution in [1.29, 1.82) is 0 Å². The molecule has 2 amide bonds. The number of halogens is 3. The van der Waals surface area contributed by atoms with E-state index in [0.717, 1.165) is 0 Å². The zero-order chi connectivity index (χ0) is 14.9. The second-order valence-corrected chi connectivity index (χ2v) is 5.30. The van der Waals surface area contributed by atoms with Crippen LogP contribution in [0.1, 0.15) is 19.3 Å². The molecule has 7 heteroatoms. The van der Waals surface area contributed by atoms with Crippen LogP contribution in [-0.2, 0) is 9.59 Å². The average molecular weight is 290 g/mol. The molecule has 1 heterocycles. The summed E-state index contributed by atoms with van der Waals surface area (Å²) in [6, 6.07) is -0.768. The monoisotopic (exact) mass is 290 g/mol. The fourth-order valence-electron chi connectivity index (χ4n) is 2.51. The first kappa shape index (κ1) is 14.9. The van der Waals surface area contributed by atoms with Gasteiger partial charge in [-0.15, -0.1) is 0 Å². The number of amides is 2. The van der Waals surface area contributed by atoms with Crippen LogP contribution in [0, 0.1) is 11.8 Å². The van der Waals surface area contributed by atoms with Crippen molar-refractivity contribution in [3.05, 3.63) is 12.7 Å². The lowest BCUT2D eigenvalue weighted by Crippen LogP contribution is -2.43. The molecule has 2 fully saturated rings. The van der Waals surface area contributed by atoms with Crippen LogP contribution >= 0.6 is 0 Å². The molecule has 2 atom stereocenters. The van der Waals surface area contributed by atoms with Gasteiger partial charge in [-0.2, -0.15) is 13.2 Å². The molecule has 0 bridgehead atoms. The Morgan fingerprint density at radius 1 is 1.25 bits per heavy atom. The van der Waals surface area contributed by atoms with Crippen molar-refractivity contribution < 1.29 is 22.8 Å². The van der Waals surface area contributed by atoms with Crippen LogP contribution in [-0.4, -0.2) is 42.0 Å². The number of likely N-dealkylation sites (tertiary alicyclic amines) is 1. The van der Waals surface area contributed by atoms with Crippen molar-refractivity contribution in [2.45, 2.75) is 31.5 Å². The number of hydrogen-bond acceptors (Lipinski definition) is 2. The quantitative estimate of drug-likeness (QED) is 0.800. The average Bonchev–Trinajstić information content (AvgIpc) is 3.17. The molecular weight excluding hydrogens is 273 g/mol. The lowest BCUT2D eigenvalue weighted by atomic mass is 9.96. The summed E-state index contributed by atoms with van der Waals surface area (Å²) in [5, 5.41) is 2.46. The fourth-order valence-corrected chi connectivity index (χ4v) is 2.51. The Morgan fingerprint density at radius 3 is 2.30 bits per heavy atom. The first-order valence-electron chi connectivity index (χ1n) is 6.61. The van der Waals surface area contributed by atoms with Crippen LogP contribution in [0.2, 0.25) is 0 Å². The van der Waals surface area contributed by atoms with E-state index in [4.69, 9.17) is 0 Å². The van der Waals surface area contributed by atoms with Crippen molar-refractivity contribution in [3.8, 4) is 0 Å². The first-order chi connectivity index (χ1) is 9.32. The maximum Gasteiger partial charge on any atom is 0.393 e. The lowest BCUT2D eigenvalue weighted by Gasteiger charge is -2.30. The largest absolute Gasteiger partial charge is 0.393 e. The molecule has 1 saturated heterocycles. The highest BCUT2D eigenvalue weighted by Gasteiger charge is 2.56.